The lowest BCUT2D eigenvalue weighted by Crippen LogP contribution is -2.38. The van der Waals surface area contributed by atoms with Gasteiger partial charge in [-0.15, -0.1) is 0 Å². The molecule has 24 heavy (non-hydrogen) atoms. The summed E-state index contributed by atoms with van der Waals surface area (Å²) in [7, 11) is 0. The van der Waals surface area contributed by atoms with Crippen LogP contribution in [0, 0.1) is 20.8 Å². The first kappa shape index (κ1) is 16.5. The molecule has 1 aromatic heterocycles. The number of aromatic nitrogens is 2. The van der Waals surface area contributed by atoms with Gasteiger partial charge in [0, 0.05) is 19.2 Å². The lowest BCUT2D eigenvalue weighted by atomic mass is 10.1. The van der Waals surface area contributed by atoms with Crippen LogP contribution in [0.1, 0.15) is 54.6 Å². The summed E-state index contributed by atoms with van der Waals surface area (Å²) < 4.78 is 5.12. The van der Waals surface area contributed by atoms with Crippen LogP contribution in [0.3, 0.4) is 0 Å². The Morgan fingerprint density at radius 3 is 2.79 bits per heavy atom. The molecular formula is C18H24N4O2. The van der Waals surface area contributed by atoms with Crippen molar-refractivity contribution in [3.05, 3.63) is 41.0 Å². The number of nitrogens with one attached hydrogen (secondary N) is 1. The molecule has 3 rings (SSSR count). The van der Waals surface area contributed by atoms with Crippen LogP contribution in [0.25, 0.3) is 0 Å². The van der Waals surface area contributed by atoms with E-state index in [1.165, 1.54) is 5.56 Å². The molecular weight excluding hydrogens is 304 g/mol. The quantitative estimate of drug-likeness (QED) is 0.899. The Morgan fingerprint density at radius 1 is 1.25 bits per heavy atom. The Kier molecular flexibility index (Phi) is 4.83. The van der Waals surface area contributed by atoms with Gasteiger partial charge in [-0.05, 0) is 38.3 Å². The first-order valence-corrected chi connectivity index (χ1v) is 8.49. The third-order valence-corrected chi connectivity index (χ3v) is 4.48. The molecule has 1 aliphatic rings. The molecule has 0 saturated carbocycles. The second-order valence-electron chi connectivity index (χ2n) is 6.48. The summed E-state index contributed by atoms with van der Waals surface area (Å²) in [5.74, 6) is 1.13. The molecule has 1 aromatic carbocycles. The number of likely N-dealkylation sites (tertiary alicyclic amines) is 1. The van der Waals surface area contributed by atoms with Gasteiger partial charge in [0.05, 0.1) is 6.04 Å². The van der Waals surface area contributed by atoms with Crippen LogP contribution in [0.4, 0.5) is 10.5 Å². The van der Waals surface area contributed by atoms with Crippen LogP contribution >= 0.6 is 0 Å². The largest absolute Gasteiger partial charge is 0.340 e. The van der Waals surface area contributed by atoms with E-state index in [1.807, 2.05) is 30.9 Å². The lowest BCUT2D eigenvalue weighted by Gasteiger charge is -2.28. The molecule has 2 heterocycles. The van der Waals surface area contributed by atoms with Crippen molar-refractivity contribution in [2.45, 2.75) is 52.5 Å². The van der Waals surface area contributed by atoms with Gasteiger partial charge in [-0.1, -0.05) is 35.7 Å². The monoisotopic (exact) mass is 328 g/mol. The Morgan fingerprint density at radius 2 is 2.08 bits per heavy atom. The molecule has 6 nitrogen and oxygen atoms in total. The minimum absolute atomic E-state index is 0.101. The maximum atomic E-state index is 12.9. The fraction of sp³-hybridized carbons (Fsp3) is 0.500. The first-order valence-electron chi connectivity index (χ1n) is 8.49. The molecule has 2 amide bonds. The number of aryl methyl sites for hydroxylation is 3. The topological polar surface area (TPSA) is 71.3 Å². The smallest absolute Gasteiger partial charge is 0.322 e. The molecule has 2 aromatic rings. The number of rotatable bonds is 2. The average Bonchev–Trinajstić information content (AvgIpc) is 2.83. The number of hydrogen-bond donors (Lipinski definition) is 1. The van der Waals surface area contributed by atoms with Gasteiger partial charge in [0.2, 0.25) is 5.89 Å². The molecule has 0 bridgehead atoms. The highest BCUT2D eigenvalue weighted by atomic mass is 16.5. The van der Waals surface area contributed by atoms with Gasteiger partial charge in [-0.3, -0.25) is 0 Å². The standard InChI is InChI=1S/C18H24N4O2/c1-12-8-9-15(13(2)11-12)20-18(23)22-10-6-4-5-7-16(22)17-19-14(3)24-21-17/h8-9,11,16H,4-7,10H2,1-3H3,(H,20,23). The van der Waals surface area contributed by atoms with E-state index in [-0.39, 0.29) is 12.1 Å². The van der Waals surface area contributed by atoms with Crippen LogP contribution in [-0.2, 0) is 0 Å². The molecule has 1 N–H and O–H groups in total. The van der Waals surface area contributed by atoms with E-state index in [9.17, 15) is 4.79 Å². The zero-order chi connectivity index (χ0) is 17.1. The number of amides is 2. The Bertz CT molecular complexity index is 726. The Hall–Kier alpha value is -2.37. The minimum Gasteiger partial charge on any atom is -0.340 e. The summed E-state index contributed by atoms with van der Waals surface area (Å²) in [6.07, 6.45) is 4.03. The SMILES string of the molecule is Cc1ccc(NC(=O)N2CCCCCC2c2noc(C)n2)c(C)c1. The van der Waals surface area contributed by atoms with Gasteiger partial charge in [0.1, 0.15) is 0 Å². The van der Waals surface area contributed by atoms with Crippen LogP contribution in [-0.4, -0.2) is 27.6 Å². The predicted octanol–water partition coefficient (Wildman–Crippen LogP) is 4.14. The van der Waals surface area contributed by atoms with Crippen molar-refractivity contribution in [1.29, 1.82) is 0 Å². The second-order valence-corrected chi connectivity index (χ2v) is 6.48. The normalized spacial score (nSPS) is 18.3. The highest BCUT2D eigenvalue weighted by Crippen LogP contribution is 2.29. The predicted molar refractivity (Wildman–Crippen MR) is 91.9 cm³/mol. The molecule has 0 spiro atoms. The van der Waals surface area contributed by atoms with Gasteiger partial charge in [-0.2, -0.15) is 4.98 Å². The van der Waals surface area contributed by atoms with E-state index in [0.29, 0.717) is 18.3 Å². The number of urea groups is 1. The van der Waals surface area contributed by atoms with Gasteiger partial charge >= 0.3 is 6.03 Å². The van der Waals surface area contributed by atoms with Crippen molar-refractivity contribution in [2.75, 3.05) is 11.9 Å². The number of anilines is 1. The molecule has 0 radical (unpaired) electrons. The average molecular weight is 328 g/mol. The maximum absolute atomic E-state index is 12.9. The van der Waals surface area contributed by atoms with Crippen molar-refractivity contribution in [1.82, 2.24) is 15.0 Å². The van der Waals surface area contributed by atoms with Gasteiger partial charge in [-0.25, -0.2) is 4.79 Å². The van der Waals surface area contributed by atoms with Crippen molar-refractivity contribution in [3.63, 3.8) is 0 Å². The highest BCUT2D eigenvalue weighted by Gasteiger charge is 2.30. The summed E-state index contributed by atoms with van der Waals surface area (Å²) in [4.78, 5) is 19.1. The highest BCUT2D eigenvalue weighted by molar-refractivity contribution is 5.90. The van der Waals surface area contributed by atoms with E-state index in [0.717, 1.165) is 36.9 Å². The molecule has 6 heteroatoms. The molecule has 1 fully saturated rings. The van der Waals surface area contributed by atoms with Gasteiger partial charge in [0.25, 0.3) is 0 Å². The Labute approximate surface area is 142 Å². The van der Waals surface area contributed by atoms with Crippen molar-refractivity contribution >= 4 is 11.7 Å². The molecule has 1 aliphatic heterocycles. The number of carbonyl (C=O) groups is 1. The summed E-state index contributed by atoms with van der Waals surface area (Å²) in [5, 5.41) is 7.08. The molecule has 128 valence electrons. The van der Waals surface area contributed by atoms with Gasteiger partial charge < -0.3 is 14.7 Å². The summed E-state index contributed by atoms with van der Waals surface area (Å²) in [6, 6.07) is 5.80. The fourth-order valence-electron chi connectivity index (χ4n) is 3.21. The van der Waals surface area contributed by atoms with E-state index >= 15 is 0 Å². The number of carbonyl (C=O) groups excluding carboxylic acids is 1. The van der Waals surface area contributed by atoms with Crippen molar-refractivity contribution in [2.24, 2.45) is 0 Å². The summed E-state index contributed by atoms with van der Waals surface area (Å²) in [6.45, 7) is 6.52. The third kappa shape index (κ3) is 3.58. The second kappa shape index (κ2) is 7.03. The van der Waals surface area contributed by atoms with Crippen LogP contribution < -0.4 is 5.32 Å². The molecule has 0 aliphatic carbocycles. The third-order valence-electron chi connectivity index (χ3n) is 4.48. The van der Waals surface area contributed by atoms with Gasteiger partial charge in [0.15, 0.2) is 5.82 Å². The minimum atomic E-state index is -0.129. The zero-order valence-corrected chi connectivity index (χ0v) is 14.5. The Balaban J connectivity index is 1.81. The van der Waals surface area contributed by atoms with Crippen LogP contribution in [0.15, 0.2) is 22.7 Å². The molecule has 1 atom stereocenters. The first-order chi connectivity index (χ1) is 11.5. The van der Waals surface area contributed by atoms with E-state index in [2.05, 4.69) is 21.5 Å². The van der Waals surface area contributed by atoms with Crippen molar-refractivity contribution in [3.8, 4) is 0 Å². The van der Waals surface area contributed by atoms with Crippen molar-refractivity contribution < 1.29 is 9.32 Å². The molecule has 1 unspecified atom stereocenters. The number of benzene rings is 1. The summed E-state index contributed by atoms with van der Waals surface area (Å²) >= 11 is 0. The number of nitrogens with zero attached hydrogens (tertiary/aromatic N) is 3. The van der Waals surface area contributed by atoms with Crippen LogP contribution in [0.2, 0.25) is 0 Å². The zero-order valence-electron chi connectivity index (χ0n) is 14.5. The fourth-order valence-corrected chi connectivity index (χ4v) is 3.21. The lowest BCUT2D eigenvalue weighted by molar-refractivity contribution is 0.184. The van der Waals surface area contributed by atoms with Crippen LogP contribution in [0.5, 0.6) is 0 Å². The maximum Gasteiger partial charge on any atom is 0.322 e. The van der Waals surface area contributed by atoms with E-state index in [1.54, 1.807) is 6.92 Å². The van der Waals surface area contributed by atoms with E-state index in [4.69, 9.17) is 4.52 Å². The number of hydrogen-bond acceptors (Lipinski definition) is 4. The summed E-state index contributed by atoms with van der Waals surface area (Å²) in [5.41, 5.74) is 3.09. The van der Waals surface area contributed by atoms with E-state index < -0.39 is 0 Å². The molecule has 1 saturated heterocycles.